The highest BCUT2D eigenvalue weighted by molar-refractivity contribution is 7.80. The largest absolute Gasteiger partial charge is 0.339 e. The number of carbonyl (C=O) groups is 1. The standard InChI is InChI=1S/C17H15Cl4N3OS/c1-10-5-2-3-8-13(10)22-16(26)24-15(17(19,20)21)23-14(25)11-6-4-7-12(18)9-11/h2-9,15H,1H3,(H,23,25)(H2,22,24,26). The Kier molecular flexibility index (Phi) is 7.38. The third-order valence-corrected chi connectivity index (χ3v) is 4.47. The maximum absolute atomic E-state index is 12.4. The number of benzene rings is 2. The molecule has 2 aromatic rings. The lowest BCUT2D eigenvalue weighted by molar-refractivity contribution is 0.0934. The van der Waals surface area contributed by atoms with Crippen molar-refractivity contribution < 1.29 is 4.79 Å². The maximum Gasteiger partial charge on any atom is 0.253 e. The first kappa shape index (κ1) is 21.1. The molecule has 4 nitrogen and oxygen atoms in total. The van der Waals surface area contributed by atoms with Crippen molar-refractivity contribution in [2.75, 3.05) is 5.32 Å². The SMILES string of the molecule is Cc1ccccc1NC(=S)NC(NC(=O)c1cccc(Cl)c1)C(Cl)(Cl)Cl. The first-order chi connectivity index (χ1) is 12.2. The van der Waals surface area contributed by atoms with Crippen LogP contribution in [0.3, 0.4) is 0 Å². The van der Waals surface area contributed by atoms with E-state index in [1.54, 1.807) is 18.2 Å². The summed E-state index contributed by atoms with van der Waals surface area (Å²) in [6.07, 6.45) is -1.07. The molecule has 0 bridgehead atoms. The number of nitrogens with one attached hydrogen (secondary N) is 3. The second-order valence-corrected chi connectivity index (χ2v) is 8.59. The Morgan fingerprint density at radius 3 is 2.38 bits per heavy atom. The molecule has 0 aliphatic rings. The molecule has 0 aliphatic heterocycles. The van der Waals surface area contributed by atoms with Crippen LogP contribution in [0.5, 0.6) is 0 Å². The fourth-order valence-electron chi connectivity index (χ4n) is 2.05. The van der Waals surface area contributed by atoms with E-state index in [0.717, 1.165) is 11.3 Å². The lowest BCUT2D eigenvalue weighted by Gasteiger charge is -2.28. The zero-order valence-corrected chi connectivity index (χ0v) is 17.4. The minimum absolute atomic E-state index is 0.196. The summed E-state index contributed by atoms with van der Waals surface area (Å²) in [6, 6.07) is 14.0. The van der Waals surface area contributed by atoms with Gasteiger partial charge in [-0.2, -0.15) is 0 Å². The van der Waals surface area contributed by atoms with E-state index < -0.39 is 15.9 Å². The first-order valence-electron chi connectivity index (χ1n) is 7.43. The zero-order valence-electron chi connectivity index (χ0n) is 13.5. The fourth-order valence-corrected chi connectivity index (χ4v) is 2.79. The molecule has 0 aliphatic carbocycles. The number of hydrogen-bond acceptors (Lipinski definition) is 2. The molecule has 3 N–H and O–H groups in total. The molecule has 1 unspecified atom stereocenters. The summed E-state index contributed by atoms with van der Waals surface area (Å²) < 4.78 is -1.84. The Bertz CT molecular complexity index is 811. The molecule has 0 saturated carbocycles. The molecule has 2 aromatic carbocycles. The highest BCUT2D eigenvalue weighted by atomic mass is 35.6. The second-order valence-electron chi connectivity index (χ2n) is 5.37. The lowest BCUT2D eigenvalue weighted by atomic mass is 10.2. The van der Waals surface area contributed by atoms with Crippen LogP contribution in [0.25, 0.3) is 0 Å². The summed E-state index contributed by atoms with van der Waals surface area (Å²) in [5, 5.41) is 9.03. The monoisotopic (exact) mass is 449 g/mol. The van der Waals surface area contributed by atoms with Crippen molar-refractivity contribution in [3.8, 4) is 0 Å². The Labute approximate surface area is 177 Å². The van der Waals surface area contributed by atoms with Crippen molar-refractivity contribution in [2.45, 2.75) is 16.9 Å². The van der Waals surface area contributed by atoms with Crippen LogP contribution < -0.4 is 16.0 Å². The molecule has 0 spiro atoms. The Morgan fingerprint density at radius 1 is 1.08 bits per heavy atom. The average molecular weight is 451 g/mol. The van der Waals surface area contributed by atoms with Crippen molar-refractivity contribution >= 4 is 75.3 Å². The van der Waals surface area contributed by atoms with Crippen LogP contribution in [0.2, 0.25) is 5.02 Å². The number of para-hydroxylation sites is 1. The van der Waals surface area contributed by atoms with Gasteiger partial charge in [-0.3, -0.25) is 4.79 Å². The second kappa shape index (κ2) is 9.11. The van der Waals surface area contributed by atoms with Crippen LogP contribution in [-0.2, 0) is 0 Å². The van der Waals surface area contributed by atoms with Crippen molar-refractivity contribution in [2.24, 2.45) is 0 Å². The molecule has 26 heavy (non-hydrogen) atoms. The zero-order chi connectivity index (χ0) is 19.3. The van der Waals surface area contributed by atoms with E-state index in [1.807, 2.05) is 31.2 Å². The molecule has 1 atom stereocenters. The molecule has 0 fully saturated rings. The summed E-state index contributed by atoms with van der Waals surface area (Å²) in [6.45, 7) is 1.93. The van der Waals surface area contributed by atoms with Crippen molar-refractivity contribution in [3.05, 3.63) is 64.7 Å². The number of rotatable bonds is 4. The number of aryl methyl sites for hydroxylation is 1. The average Bonchev–Trinajstić information content (AvgIpc) is 2.55. The Morgan fingerprint density at radius 2 is 1.77 bits per heavy atom. The molecular weight excluding hydrogens is 436 g/mol. The lowest BCUT2D eigenvalue weighted by Crippen LogP contribution is -2.56. The number of hydrogen-bond donors (Lipinski definition) is 3. The third kappa shape index (κ3) is 6.18. The highest BCUT2D eigenvalue weighted by Crippen LogP contribution is 2.29. The molecular formula is C17H15Cl4N3OS. The molecule has 9 heteroatoms. The Hall–Kier alpha value is -1.24. The maximum atomic E-state index is 12.4. The van der Waals surface area contributed by atoms with Crippen molar-refractivity contribution in [3.63, 3.8) is 0 Å². The van der Waals surface area contributed by atoms with Gasteiger partial charge >= 0.3 is 0 Å². The smallest absolute Gasteiger partial charge is 0.253 e. The van der Waals surface area contributed by atoms with E-state index in [-0.39, 0.29) is 5.11 Å². The van der Waals surface area contributed by atoms with E-state index >= 15 is 0 Å². The van der Waals surface area contributed by atoms with Gasteiger partial charge < -0.3 is 16.0 Å². The van der Waals surface area contributed by atoms with Crippen LogP contribution in [0.1, 0.15) is 15.9 Å². The van der Waals surface area contributed by atoms with Crippen LogP contribution >= 0.6 is 58.6 Å². The quantitative estimate of drug-likeness (QED) is 0.346. The minimum atomic E-state index is -1.84. The van der Waals surface area contributed by atoms with Gasteiger partial charge in [-0.15, -0.1) is 0 Å². The van der Waals surface area contributed by atoms with Crippen LogP contribution in [-0.4, -0.2) is 21.0 Å². The van der Waals surface area contributed by atoms with E-state index in [2.05, 4.69) is 16.0 Å². The highest BCUT2D eigenvalue weighted by Gasteiger charge is 2.35. The fraction of sp³-hybridized carbons (Fsp3) is 0.176. The molecule has 138 valence electrons. The first-order valence-corrected chi connectivity index (χ1v) is 9.35. The van der Waals surface area contributed by atoms with E-state index in [4.69, 9.17) is 58.6 Å². The van der Waals surface area contributed by atoms with Crippen molar-refractivity contribution in [1.29, 1.82) is 0 Å². The van der Waals surface area contributed by atoms with Crippen LogP contribution in [0.15, 0.2) is 48.5 Å². The Balaban J connectivity index is 2.09. The predicted molar refractivity (Wildman–Crippen MR) is 114 cm³/mol. The van der Waals surface area contributed by atoms with Gasteiger partial charge in [0.15, 0.2) is 5.11 Å². The van der Waals surface area contributed by atoms with Gasteiger partial charge in [0.05, 0.1) is 0 Å². The number of amides is 1. The van der Waals surface area contributed by atoms with Crippen LogP contribution in [0, 0.1) is 6.92 Å². The minimum Gasteiger partial charge on any atom is -0.339 e. The summed E-state index contributed by atoms with van der Waals surface area (Å²) in [7, 11) is 0. The number of alkyl halides is 3. The van der Waals surface area contributed by atoms with E-state index in [1.165, 1.54) is 6.07 Å². The molecule has 0 saturated heterocycles. The molecule has 1 amide bonds. The van der Waals surface area contributed by atoms with Gasteiger partial charge in [-0.05, 0) is 49.0 Å². The topological polar surface area (TPSA) is 53.2 Å². The van der Waals surface area contributed by atoms with Crippen LogP contribution in [0.4, 0.5) is 5.69 Å². The summed E-state index contributed by atoms with van der Waals surface area (Å²) in [4.78, 5) is 12.4. The van der Waals surface area contributed by atoms with Gasteiger partial charge in [0, 0.05) is 16.3 Å². The summed E-state index contributed by atoms with van der Waals surface area (Å²) in [5.74, 6) is -0.463. The molecule has 0 radical (unpaired) electrons. The van der Waals surface area contributed by atoms with E-state index in [0.29, 0.717) is 10.6 Å². The third-order valence-electron chi connectivity index (χ3n) is 3.36. The van der Waals surface area contributed by atoms with Gasteiger partial charge in [-0.25, -0.2) is 0 Å². The number of carbonyl (C=O) groups excluding carboxylic acids is 1. The summed E-state index contributed by atoms with van der Waals surface area (Å²) >= 11 is 29.1. The van der Waals surface area contributed by atoms with Gasteiger partial charge in [0.1, 0.15) is 6.17 Å². The summed E-state index contributed by atoms with van der Waals surface area (Å²) in [5.41, 5.74) is 2.12. The van der Waals surface area contributed by atoms with Crippen molar-refractivity contribution in [1.82, 2.24) is 10.6 Å². The number of halogens is 4. The van der Waals surface area contributed by atoms with Gasteiger partial charge in [0.25, 0.3) is 5.91 Å². The predicted octanol–water partition coefficient (Wildman–Crippen LogP) is 5.06. The number of anilines is 1. The normalized spacial score (nSPS) is 12.2. The van der Waals surface area contributed by atoms with Gasteiger partial charge in [-0.1, -0.05) is 70.7 Å². The molecule has 0 aromatic heterocycles. The van der Waals surface area contributed by atoms with Gasteiger partial charge in [0.2, 0.25) is 3.79 Å². The van der Waals surface area contributed by atoms with E-state index in [9.17, 15) is 4.79 Å². The number of thiocarbonyl (C=S) groups is 1. The molecule has 0 heterocycles. The molecule has 2 rings (SSSR count).